The molecule has 0 aromatic carbocycles. The highest BCUT2D eigenvalue weighted by molar-refractivity contribution is 4.83. The van der Waals surface area contributed by atoms with E-state index in [1.165, 1.54) is 19.4 Å². The van der Waals surface area contributed by atoms with Gasteiger partial charge in [-0.25, -0.2) is 0 Å². The number of rotatable bonds is 3. The van der Waals surface area contributed by atoms with Crippen molar-refractivity contribution < 1.29 is 0 Å². The Kier molecular flexibility index (Phi) is 4.39. The van der Waals surface area contributed by atoms with Crippen molar-refractivity contribution >= 4 is 0 Å². The fraction of sp³-hybridized carbons (Fsp3) is 1.00. The van der Waals surface area contributed by atoms with Crippen LogP contribution in [0.2, 0.25) is 0 Å². The first kappa shape index (κ1) is 12.0. The van der Waals surface area contributed by atoms with Gasteiger partial charge in [0.15, 0.2) is 0 Å². The van der Waals surface area contributed by atoms with Crippen molar-refractivity contribution in [3.8, 4) is 0 Å². The third-order valence-corrected chi connectivity index (χ3v) is 3.88. The SMILES string of the molecule is CC1CCC(C)N(C(C)C(C)CN)C1. The van der Waals surface area contributed by atoms with Crippen molar-refractivity contribution in [2.24, 2.45) is 17.6 Å². The van der Waals surface area contributed by atoms with Crippen molar-refractivity contribution in [1.29, 1.82) is 0 Å². The zero-order chi connectivity index (χ0) is 10.7. The summed E-state index contributed by atoms with van der Waals surface area (Å²) in [6.07, 6.45) is 2.74. The van der Waals surface area contributed by atoms with Crippen molar-refractivity contribution in [3.63, 3.8) is 0 Å². The molecular weight excluding hydrogens is 172 g/mol. The van der Waals surface area contributed by atoms with Crippen molar-refractivity contribution in [1.82, 2.24) is 4.90 Å². The Hall–Kier alpha value is -0.0800. The highest BCUT2D eigenvalue weighted by atomic mass is 15.2. The van der Waals surface area contributed by atoms with Crippen LogP contribution in [0, 0.1) is 11.8 Å². The quantitative estimate of drug-likeness (QED) is 0.752. The topological polar surface area (TPSA) is 29.3 Å². The standard InChI is InChI=1S/C12H26N2/c1-9-5-6-11(3)14(8-9)12(4)10(2)7-13/h9-12H,5-8,13H2,1-4H3. The molecule has 0 bridgehead atoms. The first-order valence-electron chi connectivity index (χ1n) is 6.02. The Labute approximate surface area is 88.8 Å². The summed E-state index contributed by atoms with van der Waals surface area (Å²) in [7, 11) is 0. The third kappa shape index (κ3) is 2.71. The maximum atomic E-state index is 5.73. The van der Waals surface area contributed by atoms with Gasteiger partial charge in [-0.15, -0.1) is 0 Å². The second-order valence-corrected chi connectivity index (χ2v) is 5.18. The van der Waals surface area contributed by atoms with Crippen LogP contribution in [0.1, 0.15) is 40.5 Å². The molecule has 0 aliphatic carbocycles. The molecule has 1 heterocycles. The molecule has 14 heavy (non-hydrogen) atoms. The predicted molar refractivity (Wildman–Crippen MR) is 62.2 cm³/mol. The molecule has 0 spiro atoms. The molecule has 1 saturated heterocycles. The molecule has 0 amide bonds. The van der Waals surface area contributed by atoms with E-state index in [2.05, 4.69) is 32.6 Å². The summed E-state index contributed by atoms with van der Waals surface area (Å²) >= 11 is 0. The summed E-state index contributed by atoms with van der Waals surface area (Å²) in [4.78, 5) is 2.64. The molecule has 2 N–H and O–H groups in total. The number of piperidine rings is 1. The molecule has 1 aliphatic heterocycles. The van der Waals surface area contributed by atoms with E-state index in [-0.39, 0.29) is 0 Å². The molecule has 1 rings (SSSR count). The maximum absolute atomic E-state index is 5.73. The zero-order valence-corrected chi connectivity index (χ0v) is 10.2. The lowest BCUT2D eigenvalue weighted by Crippen LogP contribution is -2.49. The molecule has 84 valence electrons. The van der Waals surface area contributed by atoms with Gasteiger partial charge in [-0.2, -0.15) is 0 Å². The lowest BCUT2D eigenvalue weighted by atomic mass is 9.91. The van der Waals surface area contributed by atoms with Gasteiger partial charge in [-0.1, -0.05) is 13.8 Å². The van der Waals surface area contributed by atoms with E-state index in [1.54, 1.807) is 0 Å². The summed E-state index contributed by atoms with van der Waals surface area (Å²) in [5.74, 6) is 1.47. The molecule has 0 aromatic heterocycles. The van der Waals surface area contributed by atoms with Gasteiger partial charge in [0.2, 0.25) is 0 Å². The van der Waals surface area contributed by atoms with Crippen LogP contribution in [0.25, 0.3) is 0 Å². The number of likely N-dealkylation sites (tertiary alicyclic amines) is 1. The highest BCUT2D eigenvalue weighted by Crippen LogP contribution is 2.25. The number of nitrogens with two attached hydrogens (primary N) is 1. The normalized spacial score (nSPS) is 34.1. The van der Waals surface area contributed by atoms with E-state index in [4.69, 9.17) is 5.73 Å². The molecular formula is C12H26N2. The minimum Gasteiger partial charge on any atom is -0.330 e. The average Bonchev–Trinajstić information content (AvgIpc) is 2.19. The van der Waals surface area contributed by atoms with Crippen molar-refractivity contribution in [2.75, 3.05) is 13.1 Å². The van der Waals surface area contributed by atoms with Crippen LogP contribution in [-0.4, -0.2) is 30.1 Å². The van der Waals surface area contributed by atoms with Crippen LogP contribution in [0.15, 0.2) is 0 Å². The van der Waals surface area contributed by atoms with Gasteiger partial charge in [-0.05, 0) is 45.1 Å². The highest BCUT2D eigenvalue weighted by Gasteiger charge is 2.28. The first-order chi connectivity index (χ1) is 6.56. The van der Waals surface area contributed by atoms with Crippen LogP contribution in [0.3, 0.4) is 0 Å². The number of nitrogens with zero attached hydrogens (tertiary/aromatic N) is 1. The minimum atomic E-state index is 0.614. The van der Waals surface area contributed by atoms with Crippen LogP contribution in [0.5, 0.6) is 0 Å². The van der Waals surface area contributed by atoms with Crippen LogP contribution in [0.4, 0.5) is 0 Å². The molecule has 4 unspecified atom stereocenters. The first-order valence-corrected chi connectivity index (χ1v) is 6.02. The van der Waals surface area contributed by atoms with Crippen molar-refractivity contribution in [3.05, 3.63) is 0 Å². The van der Waals surface area contributed by atoms with Crippen molar-refractivity contribution in [2.45, 2.75) is 52.6 Å². The van der Waals surface area contributed by atoms with Crippen LogP contribution >= 0.6 is 0 Å². The zero-order valence-electron chi connectivity index (χ0n) is 10.2. The van der Waals surface area contributed by atoms with E-state index in [0.29, 0.717) is 12.0 Å². The molecule has 2 nitrogen and oxygen atoms in total. The van der Waals surface area contributed by atoms with E-state index < -0.39 is 0 Å². The predicted octanol–water partition coefficient (Wildman–Crippen LogP) is 2.09. The monoisotopic (exact) mass is 198 g/mol. The third-order valence-electron chi connectivity index (χ3n) is 3.88. The molecule has 0 saturated carbocycles. The molecule has 1 aliphatic rings. The van der Waals surface area contributed by atoms with Gasteiger partial charge in [0.05, 0.1) is 0 Å². The molecule has 0 radical (unpaired) electrons. The Bertz CT molecular complexity index is 170. The van der Waals surface area contributed by atoms with Gasteiger partial charge >= 0.3 is 0 Å². The summed E-state index contributed by atoms with van der Waals surface area (Å²) in [5.41, 5.74) is 5.73. The lowest BCUT2D eigenvalue weighted by molar-refractivity contribution is 0.0614. The summed E-state index contributed by atoms with van der Waals surface area (Å²) in [5, 5.41) is 0. The Morgan fingerprint density at radius 2 is 1.93 bits per heavy atom. The van der Waals surface area contributed by atoms with Gasteiger partial charge < -0.3 is 5.73 Å². The fourth-order valence-corrected chi connectivity index (χ4v) is 2.41. The summed E-state index contributed by atoms with van der Waals surface area (Å²) in [6.45, 7) is 11.4. The molecule has 2 heteroatoms. The van der Waals surface area contributed by atoms with Gasteiger partial charge in [0.25, 0.3) is 0 Å². The van der Waals surface area contributed by atoms with Gasteiger partial charge in [0, 0.05) is 18.6 Å². The largest absolute Gasteiger partial charge is 0.330 e. The Morgan fingerprint density at radius 1 is 1.29 bits per heavy atom. The summed E-state index contributed by atoms with van der Waals surface area (Å²) < 4.78 is 0. The Balaban J connectivity index is 2.55. The molecule has 4 atom stereocenters. The van der Waals surface area contributed by atoms with Crippen LogP contribution in [-0.2, 0) is 0 Å². The van der Waals surface area contributed by atoms with E-state index in [9.17, 15) is 0 Å². The van der Waals surface area contributed by atoms with E-state index >= 15 is 0 Å². The Morgan fingerprint density at radius 3 is 2.50 bits per heavy atom. The second-order valence-electron chi connectivity index (χ2n) is 5.18. The average molecular weight is 198 g/mol. The number of hydrogen-bond donors (Lipinski definition) is 1. The minimum absolute atomic E-state index is 0.614. The maximum Gasteiger partial charge on any atom is 0.0107 e. The number of hydrogen-bond acceptors (Lipinski definition) is 2. The second kappa shape index (κ2) is 5.13. The summed E-state index contributed by atoms with van der Waals surface area (Å²) in [6, 6.07) is 1.38. The van der Waals surface area contributed by atoms with E-state index in [1.807, 2.05) is 0 Å². The molecule has 0 aromatic rings. The molecule has 1 fully saturated rings. The smallest absolute Gasteiger partial charge is 0.0107 e. The van der Waals surface area contributed by atoms with Gasteiger partial charge in [-0.3, -0.25) is 4.90 Å². The fourth-order valence-electron chi connectivity index (χ4n) is 2.41. The van der Waals surface area contributed by atoms with E-state index in [0.717, 1.165) is 18.5 Å². The van der Waals surface area contributed by atoms with Gasteiger partial charge in [0.1, 0.15) is 0 Å². The lowest BCUT2D eigenvalue weighted by Gasteiger charge is -2.42. The van der Waals surface area contributed by atoms with Crippen LogP contribution < -0.4 is 5.73 Å².